The number of benzene rings is 2. The van der Waals surface area contributed by atoms with Crippen LogP contribution in [0, 0.1) is 0 Å². The Labute approximate surface area is 147 Å². The Kier molecular flexibility index (Phi) is 4.90. The van der Waals surface area contributed by atoms with Gasteiger partial charge in [-0.05, 0) is 23.8 Å². The number of quaternary nitrogens is 1. The molecule has 2 aromatic carbocycles. The van der Waals surface area contributed by atoms with Gasteiger partial charge in [0, 0.05) is 30.0 Å². The van der Waals surface area contributed by atoms with E-state index in [0.717, 1.165) is 29.7 Å². The molecule has 6 heteroatoms. The van der Waals surface area contributed by atoms with Gasteiger partial charge >= 0.3 is 0 Å². The van der Waals surface area contributed by atoms with Gasteiger partial charge in [-0.1, -0.05) is 0 Å². The van der Waals surface area contributed by atoms with E-state index in [1.54, 1.807) is 27.4 Å². The number of rotatable bonds is 5. The van der Waals surface area contributed by atoms with Gasteiger partial charge in [-0.3, -0.25) is 0 Å². The first kappa shape index (κ1) is 17.2. The van der Waals surface area contributed by atoms with Crippen LogP contribution in [0.1, 0.15) is 22.7 Å². The number of phenols is 2. The Morgan fingerprint density at radius 3 is 2.28 bits per heavy atom. The lowest BCUT2D eigenvalue weighted by molar-refractivity contribution is -0.698. The molecule has 2 aromatic rings. The fourth-order valence-electron chi connectivity index (χ4n) is 3.52. The summed E-state index contributed by atoms with van der Waals surface area (Å²) in [6, 6.07) is 7.12. The number of hydrogen-bond acceptors (Lipinski definition) is 5. The lowest BCUT2D eigenvalue weighted by atomic mass is 9.89. The smallest absolute Gasteiger partial charge is 0.203 e. The van der Waals surface area contributed by atoms with Crippen LogP contribution in [0.25, 0.3) is 0 Å². The highest BCUT2D eigenvalue weighted by Gasteiger charge is 2.27. The van der Waals surface area contributed by atoms with E-state index in [-0.39, 0.29) is 17.5 Å². The molecule has 0 saturated carbocycles. The quantitative estimate of drug-likeness (QED) is 0.764. The fraction of sp³-hybridized carbons (Fsp3) is 0.368. The minimum atomic E-state index is 0.0847. The number of hydrogen-bond donors (Lipinski definition) is 3. The average molecular weight is 346 g/mol. The van der Waals surface area contributed by atoms with E-state index in [4.69, 9.17) is 14.2 Å². The summed E-state index contributed by atoms with van der Waals surface area (Å²) >= 11 is 0. The molecule has 0 aliphatic carbocycles. The molecule has 25 heavy (non-hydrogen) atoms. The SMILES string of the molecule is COc1cc(CC2[NH2+]CCc3c(O)cc(O)cc32)cc(OC)c1OC. The third kappa shape index (κ3) is 3.30. The Bertz CT molecular complexity index is 750. The van der Waals surface area contributed by atoms with Gasteiger partial charge in [0.1, 0.15) is 17.5 Å². The molecule has 6 nitrogen and oxygen atoms in total. The molecule has 1 unspecified atom stereocenters. The monoisotopic (exact) mass is 346 g/mol. The average Bonchev–Trinajstić information content (AvgIpc) is 2.61. The van der Waals surface area contributed by atoms with Gasteiger partial charge in [-0.2, -0.15) is 0 Å². The molecule has 0 fully saturated rings. The lowest BCUT2D eigenvalue weighted by Gasteiger charge is -2.25. The van der Waals surface area contributed by atoms with Crippen molar-refractivity contribution in [1.82, 2.24) is 0 Å². The molecular weight excluding hydrogens is 322 g/mol. The summed E-state index contributed by atoms with van der Waals surface area (Å²) in [5.74, 6) is 2.05. The second-order valence-electron chi connectivity index (χ2n) is 6.15. The number of ether oxygens (including phenoxy) is 3. The molecule has 0 bridgehead atoms. The van der Waals surface area contributed by atoms with E-state index in [1.165, 1.54) is 6.07 Å². The van der Waals surface area contributed by atoms with Gasteiger partial charge in [0.05, 0.1) is 27.9 Å². The molecule has 1 atom stereocenters. The van der Waals surface area contributed by atoms with Crippen LogP contribution in [0.2, 0.25) is 0 Å². The maximum Gasteiger partial charge on any atom is 0.203 e. The van der Waals surface area contributed by atoms with E-state index in [2.05, 4.69) is 5.32 Å². The van der Waals surface area contributed by atoms with Crippen molar-refractivity contribution in [2.75, 3.05) is 27.9 Å². The van der Waals surface area contributed by atoms with Gasteiger partial charge in [-0.15, -0.1) is 0 Å². The molecule has 0 saturated heterocycles. The second-order valence-corrected chi connectivity index (χ2v) is 6.15. The summed E-state index contributed by atoms with van der Waals surface area (Å²) in [7, 11) is 4.77. The zero-order valence-electron chi connectivity index (χ0n) is 14.7. The van der Waals surface area contributed by atoms with Crippen molar-refractivity contribution in [3.8, 4) is 28.7 Å². The molecular formula is C19H24NO5+. The number of fused-ring (bicyclic) bond motifs is 1. The second kappa shape index (κ2) is 7.11. The van der Waals surface area contributed by atoms with Crippen LogP contribution in [0.3, 0.4) is 0 Å². The van der Waals surface area contributed by atoms with Crippen LogP contribution in [-0.4, -0.2) is 38.1 Å². The first-order valence-corrected chi connectivity index (χ1v) is 8.24. The highest BCUT2D eigenvalue weighted by Crippen LogP contribution is 2.40. The summed E-state index contributed by atoms with van der Waals surface area (Å²) in [5.41, 5.74) is 2.92. The van der Waals surface area contributed by atoms with Gasteiger partial charge in [-0.25, -0.2) is 0 Å². The van der Waals surface area contributed by atoms with Crippen LogP contribution in [0.15, 0.2) is 24.3 Å². The van der Waals surface area contributed by atoms with Crippen molar-refractivity contribution in [2.24, 2.45) is 0 Å². The third-order valence-electron chi connectivity index (χ3n) is 4.67. The van der Waals surface area contributed by atoms with Crippen molar-refractivity contribution in [1.29, 1.82) is 0 Å². The molecule has 1 aliphatic rings. The zero-order chi connectivity index (χ0) is 18.0. The normalized spacial score (nSPS) is 16.2. The summed E-state index contributed by atoms with van der Waals surface area (Å²) in [5, 5.41) is 22.2. The van der Waals surface area contributed by atoms with Gasteiger partial charge < -0.3 is 29.7 Å². The lowest BCUT2D eigenvalue weighted by Crippen LogP contribution is -2.87. The van der Waals surface area contributed by atoms with Crippen LogP contribution in [0.4, 0.5) is 0 Å². The predicted molar refractivity (Wildman–Crippen MR) is 92.8 cm³/mol. The van der Waals surface area contributed by atoms with Crippen LogP contribution in [0.5, 0.6) is 28.7 Å². The molecule has 0 aromatic heterocycles. The maximum absolute atomic E-state index is 10.1. The molecule has 0 spiro atoms. The van der Waals surface area contributed by atoms with Gasteiger partial charge in [0.15, 0.2) is 11.5 Å². The Balaban J connectivity index is 1.97. The highest BCUT2D eigenvalue weighted by molar-refractivity contribution is 5.54. The third-order valence-corrected chi connectivity index (χ3v) is 4.67. The maximum atomic E-state index is 10.1. The molecule has 1 heterocycles. The van der Waals surface area contributed by atoms with Crippen LogP contribution < -0.4 is 19.5 Å². The van der Waals surface area contributed by atoms with Crippen molar-refractivity contribution in [3.63, 3.8) is 0 Å². The molecule has 3 rings (SSSR count). The number of nitrogens with two attached hydrogens (primary N) is 1. The minimum Gasteiger partial charge on any atom is -0.508 e. The van der Waals surface area contributed by atoms with Gasteiger partial charge in [0.2, 0.25) is 5.75 Å². The summed E-state index contributed by atoms with van der Waals surface area (Å²) in [6.07, 6.45) is 1.50. The van der Waals surface area contributed by atoms with Crippen molar-refractivity contribution in [2.45, 2.75) is 18.9 Å². The van der Waals surface area contributed by atoms with Crippen LogP contribution >= 0.6 is 0 Å². The van der Waals surface area contributed by atoms with Crippen molar-refractivity contribution in [3.05, 3.63) is 41.0 Å². The summed E-state index contributed by atoms with van der Waals surface area (Å²) < 4.78 is 16.2. The number of phenolic OH excluding ortho intramolecular Hbond substituents is 2. The number of aromatic hydroxyl groups is 2. The van der Waals surface area contributed by atoms with Crippen molar-refractivity contribution < 1.29 is 29.7 Å². The Hall–Kier alpha value is -2.60. The van der Waals surface area contributed by atoms with Gasteiger partial charge in [0.25, 0.3) is 0 Å². The topological polar surface area (TPSA) is 84.8 Å². The first-order chi connectivity index (χ1) is 12.1. The highest BCUT2D eigenvalue weighted by atomic mass is 16.5. The summed E-state index contributed by atoms with van der Waals surface area (Å²) in [6.45, 7) is 0.889. The molecule has 0 radical (unpaired) electrons. The van der Waals surface area contributed by atoms with Crippen LogP contribution in [-0.2, 0) is 12.8 Å². The minimum absolute atomic E-state index is 0.0847. The molecule has 4 N–H and O–H groups in total. The zero-order valence-corrected chi connectivity index (χ0v) is 14.7. The standard InChI is InChI=1S/C19H23NO5/c1-23-17-7-11(8-18(24-2)19(17)25-3)6-15-14-9-12(21)10-16(22)13(14)4-5-20-15/h7-10,15,20-22H,4-6H2,1-3H3/p+1. The largest absolute Gasteiger partial charge is 0.508 e. The van der Waals surface area contributed by atoms with E-state index in [9.17, 15) is 10.2 Å². The van der Waals surface area contributed by atoms with E-state index < -0.39 is 0 Å². The van der Waals surface area contributed by atoms with E-state index in [1.807, 2.05) is 12.1 Å². The predicted octanol–water partition coefficient (Wildman–Crippen LogP) is 1.53. The fourth-order valence-corrected chi connectivity index (χ4v) is 3.52. The number of methoxy groups -OCH3 is 3. The molecule has 0 amide bonds. The Morgan fingerprint density at radius 2 is 1.68 bits per heavy atom. The van der Waals surface area contributed by atoms with E-state index in [0.29, 0.717) is 23.7 Å². The van der Waals surface area contributed by atoms with Crippen molar-refractivity contribution >= 4 is 0 Å². The molecule has 1 aliphatic heterocycles. The summed E-state index contributed by atoms with van der Waals surface area (Å²) in [4.78, 5) is 0. The molecule has 134 valence electrons. The Morgan fingerprint density at radius 1 is 1.00 bits per heavy atom. The first-order valence-electron chi connectivity index (χ1n) is 8.24. The van der Waals surface area contributed by atoms with E-state index >= 15 is 0 Å².